The third-order valence-electron chi connectivity index (χ3n) is 4.31. The van der Waals surface area contributed by atoms with E-state index >= 15 is 0 Å². The molecule has 1 amide bonds. The fourth-order valence-electron chi connectivity index (χ4n) is 2.93. The van der Waals surface area contributed by atoms with Crippen LogP contribution in [-0.2, 0) is 14.8 Å². The van der Waals surface area contributed by atoms with Gasteiger partial charge in [-0.05, 0) is 48.6 Å². The summed E-state index contributed by atoms with van der Waals surface area (Å²) in [4.78, 5) is 13.2. The fraction of sp³-hybridized carbons (Fsp3) is 0.316. The first-order chi connectivity index (χ1) is 13.0. The number of hydrogen-bond donors (Lipinski definition) is 1. The van der Waals surface area contributed by atoms with Crippen molar-refractivity contribution in [2.24, 2.45) is 0 Å². The summed E-state index contributed by atoms with van der Waals surface area (Å²) in [6.07, 6.45) is 5.89. The monoisotopic (exact) mass is 406 g/mol. The van der Waals surface area contributed by atoms with Crippen LogP contribution in [0.4, 0.5) is 5.69 Å². The highest BCUT2D eigenvalue weighted by Gasteiger charge is 2.29. The lowest BCUT2D eigenvalue weighted by atomic mass is 10.2. The molecule has 0 radical (unpaired) electrons. The van der Waals surface area contributed by atoms with Gasteiger partial charge in [0.2, 0.25) is 15.9 Å². The van der Waals surface area contributed by atoms with Crippen molar-refractivity contribution >= 4 is 39.0 Å². The maximum atomic E-state index is 13.0. The number of ether oxygens (including phenoxy) is 1. The average Bonchev–Trinajstić information content (AvgIpc) is 3.21. The SMILES string of the molecule is COc1ccc(NC(=O)C=Cc2cccs2)cc1S(=O)(=O)N1CCCCC1. The molecule has 1 aromatic carbocycles. The second-order valence-electron chi connectivity index (χ2n) is 6.17. The summed E-state index contributed by atoms with van der Waals surface area (Å²) in [5.74, 6) is -0.0532. The standard InChI is InChI=1S/C19H22N2O4S2/c1-25-17-9-7-15(20-19(22)10-8-16-6-5-13-26-16)14-18(17)27(23,24)21-11-3-2-4-12-21/h5-10,13-14H,2-4,11-12H2,1H3,(H,20,22). The summed E-state index contributed by atoms with van der Waals surface area (Å²) in [5, 5.41) is 4.64. The molecule has 1 N–H and O–H groups in total. The second-order valence-corrected chi connectivity index (χ2v) is 9.05. The summed E-state index contributed by atoms with van der Waals surface area (Å²) in [6, 6.07) is 8.47. The normalized spacial score (nSPS) is 15.7. The van der Waals surface area contributed by atoms with Crippen LogP contribution in [0.5, 0.6) is 5.75 Å². The largest absolute Gasteiger partial charge is 0.495 e. The maximum Gasteiger partial charge on any atom is 0.248 e. The molecular weight excluding hydrogens is 384 g/mol. The first kappa shape index (κ1) is 19.6. The highest BCUT2D eigenvalue weighted by atomic mass is 32.2. The smallest absolute Gasteiger partial charge is 0.248 e. The van der Waals surface area contributed by atoms with Gasteiger partial charge in [0.1, 0.15) is 10.6 Å². The molecule has 2 heterocycles. The van der Waals surface area contributed by atoms with Crippen molar-refractivity contribution in [2.75, 3.05) is 25.5 Å². The molecule has 144 valence electrons. The van der Waals surface area contributed by atoms with E-state index in [2.05, 4.69) is 5.32 Å². The number of sulfonamides is 1. The van der Waals surface area contributed by atoms with E-state index in [1.54, 1.807) is 18.2 Å². The molecule has 0 atom stereocenters. The van der Waals surface area contributed by atoms with Gasteiger partial charge in [-0.1, -0.05) is 12.5 Å². The van der Waals surface area contributed by atoms with Crippen LogP contribution in [0.1, 0.15) is 24.1 Å². The molecule has 8 heteroatoms. The molecule has 1 fully saturated rings. The molecule has 0 bridgehead atoms. The minimum Gasteiger partial charge on any atom is -0.495 e. The van der Waals surface area contributed by atoms with Crippen LogP contribution in [0.2, 0.25) is 0 Å². The molecule has 2 aromatic rings. The van der Waals surface area contributed by atoms with E-state index in [0.29, 0.717) is 18.8 Å². The molecule has 27 heavy (non-hydrogen) atoms. The van der Waals surface area contributed by atoms with Crippen LogP contribution in [-0.4, -0.2) is 38.8 Å². The van der Waals surface area contributed by atoms with E-state index < -0.39 is 10.0 Å². The number of nitrogens with zero attached hydrogens (tertiary/aromatic N) is 1. The van der Waals surface area contributed by atoms with E-state index in [1.165, 1.54) is 34.9 Å². The summed E-state index contributed by atoms with van der Waals surface area (Å²) >= 11 is 1.53. The number of thiophene rings is 1. The minimum absolute atomic E-state index is 0.0759. The lowest BCUT2D eigenvalue weighted by Gasteiger charge is -2.26. The van der Waals surface area contributed by atoms with Crippen molar-refractivity contribution in [1.29, 1.82) is 0 Å². The molecular formula is C19H22N2O4S2. The Morgan fingerprint density at radius 2 is 2.00 bits per heavy atom. The van der Waals surface area contributed by atoms with E-state index in [1.807, 2.05) is 17.5 Å². The molecule has 1 aliphatic heterocycles. The van der Waals surface area contributed by atoms with Gasteiger partial charge in [-0.2, -0.15) is 4.31 Å². The quantitative estimate of drug-likeness (QED) is 0.744. The summed E-state index contributed by atoms with van der Waals surface area (Å²) < 4.78 is 32.7. The predicted molar refractivity (Wildman–Crippen MR) is 108 cm³/mol. The zero-order chi connectivity index (χ0) is 19.3. The zero-order valence-corrected chi connectivity index (χ0v) is 16.7. The Morgan fingerprint density at radius 1 is 1.22 bits per heavy atom. The van der Waals surface area contributed by atoms with Crippen LogP contribution in [0.3, 0.4) is 0 Å². The van der Waals surface area contributed by atoms with E-state index in [9.17, 15) is 13.2 Å². The van der Waals surface area contributed by atoms with Gasteiger partial charge in [-0.25, -0.2) is 8.42 Å². The highest BCUT2D eigenvalue weighted by molar-refractivity contribution is 7.89. The average molecular weight is 407 g/mol. The summed E-state index contributed by atoms with van der Waals surface area (Å²) in [7, 11) is -2.23. The maximum absolute atomic E-state index is 13.0. The number of nitrogens with one attached hydrogen (secondary N) is 1. The van der Waals surface area contributed by atoms with Gasteiger partial charge in [-0.3, -0.25) is 4.79 Å². The molecule has 0 saturated carbocycles. The van der Waals surface area contributed by atoms with Crippen LogP contribution in [0.25, 0.3) is 6.08 Å². The predicted octanol–water partition coefficient (Wildman–Crippen LogP) is 3.58. The molecule has 3 rings (SSSR count). The molecule has 6 nitrogen and oxygen atoms in total. The summed E-state index contributed by atoms with van der Waals surface area (Å²) in [6.45, 7) is 1.01. The highest BCUT2D eigenvalue weighted by Crippen LogP contribution is 2.31. The first-order valence-corrected chi connectivity index (χ1v) is 11.0. The van der Waals surface area contributed by atoms with Gasteiger partial charge in [0.05, 0.1) is 7.11 Å². The number of rotatable bonds is 6. The van der Waals surface area contributed by atoms with Crippen molar-refractivity contribution in [3.05, 3.63) is 46.7 Å². The van der Waals surface area contributed by atoms with Gasteiger partial charge in [0, 0.05) is 29.7 Å². The number of piperidine rings is 1. The molecule has 0 spiro atoms. The molecule has 1 aliphatic rings. The number of amides is 1. The van der Waals surface area contributed by atoms with Gasteiger partial charge in [-0.15, -0.1) is 11.3 Å². The minimum atomic E-state index is -3.67. The number of carbonyl (C=O) groups excluding carboxylic acids is 1. The fourth-order valence-corrected chi connectivity index (χ4v) is 5.24. The van der Waals surface area contributed by atoms with E-state index in [4.69, 9.17) is 4.74 Å². The number of benzene rings is 1. The van der Waals surface area contributed by atoms with Crippen LogP contribution >= 0.6 is 11.3 Å². The molecule has 0 unspecified atom stereocenters. The van der Waals surface area contributed by atoms with E-state index in [0.717, 1.165) is 24.1 Å². The Hall–Kier alpha value is -2.16. The van der Waals surface area contributed by atoms with Crippen LogP contribution < -0.4 is 10.1 Å². The number of anilines is 1. The van der Waals surface area contributed by atoms with Crippen molar-refractivity contribution in [1.82, 2.24) is 4.31 Å². The molecule has 0 aliphatic carbocycles. The van der Waals surface area contributed by atoms with Crippen molar-refractivity contribution < 1.29 is 17.9 Å². The Balaban J connectivity index is 1.81. The van der Waals surface area contributed by atoms with E-state index in [-0.39, 0.29) is 16.6 Å². The first-order valence-electron chi connectivity index (χ1n) is 8.71. The molecule has 1 aromatic heterocycles. The lowest BCUT2D eigenvalue weighted by molar-refractivity contribution is -0.111. The topological polar surface area (TPSA) is 75.7 Å². The third-order valence-corrected chi connectivity index (χ3v) is 7.06. The third kappa shape index (κ3) is 4.77. The van der Waals surface area contributed by atoms with Crippen molar-refractivity contribution in [3.8, 4) is 5.75 Å². The van der Waals surface area contributed by atoms with Gasteiger partial charge in [0.25, 0.3) is 0 Å². The van der Waals surface area contributed by atoms with Crippen LogP contribution in [0.15, 0.2) is 46.7 Å². The Bertz CT molecular complexity index is 915. The second kappa shape index (κ2) is 8.69. The lowest BCUT2D eigenvalue weighted by Crippen LogP contribution is -2.35. The Labute approximate surface area is 163 Å². The Morgan fingerprint density at radius 3 is 2.67 bits per heavy atom. The Kier molecular flexibility index (Phi) is 6.30. The number of carbonyl (C=O) groups is 1. The van der Waals surface area contributed by atoms with Gasteiger partial charge < -0.3 is 10.1 Å². The number of hydrogen-bond acceptors (Lipinski definition) is 5. The van der Waals surface area contributed by atoms with Gasteiger partial charge >= 0.3 is 0 Å². The van der Waals surface area contributed by atoms with Crippen molar-refractivity contribution in [3.63, 3.8) is 0 Å². The zero-order valence-electron chi connectivity index (χ0n) is 15.1. The van der Waals surface area contributed by atoms with Crippen molar-refractivity contribution in [2.45, 2.75) is 24.2 Å². The molecule has 1 saturated heterocycles. The number of methoxy groups -OCH3 is 1. The van der Waals surface area contributed by atoms with Crippen LogP contribution in [0, 0.1) is 0 Å². The van der Waals surface area contributed by atoms with Gasteiger partial charge in [0.15, 0.2) is 0 Å². The summed E-state index contributed by atoms with van der Waals surface area (Å²) in [5.41, 5.74) is 0.409.